The van der Waals surface area contributed by atoms with Crippen molar-refractivity contribution >= 4 is 11.6 Å². The summed E-state index contributed by atoms with van der Waals surface area (Å²) in [5, 5.41) is 10.9. The SMILES string of the molecule is COc1ccc(OCCCC(=O)N(C)[C@@H](C)c2cccc([N+](=O)[O-])c2)cc1. The number of carbonyl (C=O) groups is 1. The molecule has 1 atom stereocenters. The van der Waals surface area contributed by atoms with E-state index in [-0.39, 0.29) is 17.6 Å². The van der Waals surface area contributed by atoms with Crippen molar-refractivity contribution in [2.24, 2.45) is 0 Å². The van der Waals surface area contributed by atoms with Crippen LogP contribution in [-0.2, 0) is 4.79 Å². The van der Waals surface area contributed by atoms with Gasteiger partial charge in [-0.25, -0.2) is 0 Å². The Bertz CT molecular complexity index is 776. The average molecular weight is 372 g/mol. The number of nitrogens with zero attached hydrogens (tertiary/aromatic N) is 2. The van der Waals surface area contributed by atoms with Crippen LogP contribution in [0, 0.1) is 10.1 Å². The zero-order valence-electron chi connectivity index (χ0n) is 15.8. The van der Waals surface area contributed by atoms with Crippen molar-refractivity contribution in [3.05, 3.63) is 64.2 Å². The van der Waals surface area contributed by atoms with Gasteiger partial charge in [-0.1, -0.05) is 12.1 Å². The number of carbonyl (C=O) groups excluding carboxylic acids is 1. The Morgan fingerprint density at radius 1 is 1.19 bits per heavy atom. The van der Waals surface area contributed by atoms with Crippen LogP contribution in [0.1, 0.15) is 31.4 Å². The monoisotopic (exact) mass is 372 g/mol. The number of ether oxygens (including phenoxy) is 2. The van der Waals surface area contributed by atoms with E-state index in [0.29, 0.717) is 19.4 Å². The first kappa shape index (κ1) is 20.2. The fraction of sp³-hybridized carbons (Fsp3) is 0.350. The van der Waals surface area contributed by atoms with Crippen LogP contribution < -0.4 is 9.47 Å². The topological polar surface area (TPSA) is 81.9 Å². The van der Waals surface area contributed by atoms with Gasteiger partial charge in [0.1, 0.15) is 11.5 Å². The first-order chi connectivity index (χ1) is 12.9. The van der Waals surface area contributed by atoms with Crippen LogP contribution in [0.4, 0.5) is 5.69 Å². The number of rotatable bonds is 9. The Labute approximate surface area is 158 Å². The van der Waals surface area contributed by atoms with Gasteiger partial charge in [-0.05, 0) is 43.2 Å². The van der Waals surface area contributed by atoms with Crippen LogP contribution in [0.3, 0.4) is 0 Å². The molecule has 2 aromatic carbocycles. The summed E-state index contributed by atoms with van der Waals surface area (Å²) >= 11 is 0. The Morgan fingerprint density at radius 3 is 2.48 bits per heavy atom. The van der Waals surface area contributed by atoms with Crippen molar-refractivity contribution in [3.8, 4) is 11.5 Å². The van der Waals surface area contributed by atoms with E-state index in [0.717, 1.165) is 17.1 Å². The lowest BCUT2D eigenvalue weighted by Gasteiger charge is -2.25. The van der Waals surface area contributed by atoms with E-state index < -0.39 is 4.92 Å². The molecule has 0 saturated heterocycles. The van der Waals surface area contributed by atoms with Crippen LogP contribution >= 0.6 is 0 Å². The molecule has 0 fully saturated rings. The molecular weight excluding hydrogens is 348 g/mol. The molecule has 0 aliphatic heterocycles. The number of methoxy groups -OCH3 is 1. The zero-order chi connectivity index (χ0) is 19.8. The molecule has 27 heavy (non-hydrogen) atoms. The van der Waals surface area contributed by atoms with Gasteiger partial charge in [0.15, 0.2) is 0 Å². The van der Waals surface area contributed by atoms with Crippen LogP contribution in [0.25, 0.3) is 0 Å². The molecule has 0 heterocycles. The third-order valence-corrected chi connectivity index (χ3v) is 4.40. The van der Waals surface area contributed by atoms with Crippen LogP contribution in [0.15, 0.2) is 48.5 Å². The molecule has 2 aromatic rings. The summed E-state index contributed by atoms with van der Waals surface area (Å²) in [6.45, 7) is 2.28. The minimum Gasteiger partial charge on any atom is -0.497 e. The minimum absolute atomic E-state index is 0.0214. The predicted octanol–water partition coefficient (Wildman–Crippen LogP) is 3.98. The fourth-order valence-electron chi connectivity index (χ4n) is 2.60. The van der Waals surface area contributed by atoms with Gasteiger partial charge in [0.05, 0.1) is 24.7 Å². The van der Waals surface area contributed by atoms with Crippen molar-refractivity contribution in [2.75, 3.05) is 20.8 Å². The highest BCUT2D eigenvalue weighted by atomic mass is 16.6. The van der Waals surface area contributed by atoms with Gasteiger partial charge in [-0.3, -0.25) is 14.9 Å². The quantitative estimate of drug-likeness (QED) is 0.378. The highest BCUT2D eigenvalue weighted by Gasteiger charge is 2.19. The van der Waals surface area contributed by atoms with E-state index in [9.17, 15) is 14.9 Å². The summed E-state index contributed by atoms with van der Waals surface area (Å²) in [5.74, 6) is 1.45. The lowest BCUT2D eigenvalue weighted by molar-refractivity contribution is -0.384. The van der Waals surface area contributed by atoms with Gasteiger partial charge >= 0.3 is 0 Å². The minimum atomic E-state index is -0.436. The maximum absolute atomic E-state index is 12.4. The lowest BCUT2D eigenvalue weighted by Crippen LogP contribution is -2.29. The van der Waals surface area contributed by atoms with Gasteiger partial charge in [-0.15, -0.1) is 0 Å². The number of hydrogen-bond donors (Lipinski definition) is 0. The van der Waals surface area contributed by atoms with E-state index >= 15 is 0 Å². The van der Waals surface area contributed by atoms with E-state index in [4.69, 9.17) is 9.47 Å². The van der Waals surface area contributed by atoms with Crippen molar-refractivity contribution in [1.82, 2.24) is 4.90 Å². The molecular formula is C20H24N2O5. The van der Waals surface area contributed by atoms with Crippen molar-refractivity contribution in [3.63, 3.8) is 0 Å². The second-order valence-corrected chi connectivity index (χ2v) is 6.16. The van der Waals surface area contributed by atoms with Crippen LogP contribution in [0.2, 0.25) is 0 Å². The molecule has 0 aromatic heterocycles. The van der Waals surface area contributed by atoms with Crippen LogP contribution in [0.5, 0.6) is 11.5 Å². The second-order valence-electron chi connectivity index (χ2n) is 6.16. The second kappa shape index (κ2) is 9.56. The largest absolute Gasteiger partial charge is 0.497 e. The first-order valence-corrected chi connectivity index (χ1v) is 8.69. The summed E-state index contributed by atoms with van der Waals surface area (Å²) < 4.78 is 10.7. The molecule has 7 nitrogen and oxygen atoms in total. The molecule has 0 spiro atoms. The van der Waals surface area contributed by atoms with E-state index in [2.05, 4.69) is 0 Å². The van der Waals surface area contributed by atoms with Gasteiger partial charge in [0, 0.05) is 25.6 Å². The van der Waals surface area contributed by atoms with Gasteiger partial charge in [0.25, 0.3) is 5.69 Å². The molecule has 0 bridgehead atoms. The molecule has 0 unspecified atom stereocenters. The van der Waals surface area contributed by atoms with Gasteiger partial charge in [0.2, 0.25) is 5.91 Å². The summed E-state index contributed by atoms with van der Waals surface area (Å²) in [4.78, 5) is 24.5. The molecule has 0 aliphatic rings. The molecule has 0 radical (unpaired) electrons. The molecule has 7 heteroatoms. The Hall–Kier alpha value is -3.09. The Morgan fingerprint density at radius 2 is 1.85 bits per heavy atom. The summed E-state index contributed by atoms with van der Waals surface area (Å²) in [5.41, 5.74) is 0.752. The van der Waals surface area contributed by atoms with Gasteiger partial charge < -0.3 is 14.4 Å². The van der Waals surface area contributed by atoms with Crippen molar-refractivity contribution < 1.29 is 19.2 Å². The smallest absolute Gasteiger partial charge is 0.269 e. The Balaban J connectivity index is 1.82. The van der Waals surface area contributed by atoms with Crippen molar-refractivity contribution in [2.45, 2.75) is 25.8 Å². The highest BCUT2D eigenvalue weighted by Crippen LogP contribution is 2.23. The number of hydrogen-bond acceptors (Lipinski definition) is 5. The number of non-ortho nitro benzene ring substituents is 1. The molecule has 0 aliphatic carbocycles. The van der Waals surface area contributed by atoms with E-state index in [1.54, 1.807) is 31.2 Å². The number of nitro groups is 1. The zero-order valence-corrected chi connectivity index (χ0v) is 15.8. The highest BCUT2D eigenvalue weighted by molar-refractivity contribution is 5.76. The van der Waals surface area contributed by atoms with E-state index in [1.165, 1.54) is 12.1 Å². The average Bonchev–Trinajstić information content (AvgIpc) is 2.70. The maximum atomic E-state index is 12.4. The summed E-state index contributed by atoms with van der Waals surface area (Å²) in [7, 11) is 3.31. The predicted molar refractivity (Wildman–Crippen MR) is 102 cm³/mol. The van der Waals surface area contributed by atoms with E-state index in [1.807, 2.05) is 31.2 Å². The third-order valence-electron chi connectivity index (χ3n) is 4.40. The first-order valence-electron chi connectivity index (χ1n) is 8.69. The molecule has 0 saturated carbocycles. The Kier molecular flexibility index (Phi) is 7.16. The van der Waals surface area contributed by atoms with Gasteiger partial charge in [-0.2, -0.15) is 0 Å². The fourth-order valence-corrected chi connectivity index (χ4v) is 2.60. The maximum Gasteiger partial charge on any atom is 0.269 e. The molecule has 2 rings (SSSR count). The molecule has 1 amide bonds. The standard InChI is InChI=1S/C20H24N2O5/c1-15(16-6-4-7-17(14-16)22(24)25)21(2)20(23)8-5-13-27-19-11-9-18(26-3)10-12-19/h4,6-7,9-12,14-15H,5,8,13H2,1-3H3/t15-/m0/s1. The summed E-state index contributed by atoms with van der Waals surface area (Å²) in [6.07, 6.45) is 0.919. The summed E-state index contributed by atoms with van der Waals surface area (Å²) in [6, 6.07) is 13.4. The number of amides is 1. The number of nitro benzene ring substituents is 1. The lowest BCUT2D eigenvalue weighted by atomic mass is 10.1. The van der Waals surface area contributed by atoms with Crippen LogP contribution in [-0.4, -0.2) is 36.5 Å². The third kappa shape index (κ3) is 5.70. The molecule has 0 N–H and O–H groups in total. The number of benzene rings is 2. The van der Waals surface area contributed by atoms with Crippen molar-refractivity contribution in [1.29, 1.82) is 0 Å². The molecule has 144 valence electrons. The normalized spacial score (nSPS) is 11.5.